The summed E-state index contributed by atoms with van der Waals surface area (Å²) < 4.78 is 60.7. The predicted octanol–water partition coefficient (Wildman–Crippen LogP) is 1.74. The first kappa shape index (κ1) is 21.7. The average molecular weight is 484 g/mol. The lowest BCUT2D eigenvalue weighted by molar-refractivity contribution is -0.0496. The third-order valence-corrected chi connectivity index (χ3v) is 6.05. The third-order valence-electron chi connectivity index (χ3n) is 4.42. The van der Waals surface area contributed by atoms with E-state index in [4.69, 9.17) is 0 Å². The average Bonchev–Trinajstić information content (AvgIpc) is 3.18. The molecule has 142 valence electrons. The van der Waals surface area contributed by atoms with Gasteiger partial charge in [-0.1, -0.05) is 6.92 Å². The maximum Gasteiger partial charge on any atom is 0.511 e. The van der Waals surface area contributed by atoms with Gasteiger partial charge in [0.1, 0.15) is 0 Å². The summed E-state index contributed by atoms with van der Waals surface area (Å²) in [5.74, 6) is 1.44. The van der Waals surface area contributed by atoms with E-state index in [1.54, 1.807) is 7.05 Å². The van der Waals surface area contributed by atoms with Crippen LogP contribution in [-0.4, -0.2) is 56.9 Å². The Bertz CT molecular complexity index is 548. The molecule has 1 heterocycles. The Kier molecular flexibility index (Phi) is 7.60. The van der Waals surface area contributed by atoms with Crippen molar-refractivity contribution in [2.75, 3.05) is 26.7 Å². The highest BCUT2D eigenvalue weighted by Gasteiger charge is 2.50. The molecule has 0 aromatic rings. The van der Waals surface area contributed by atoms with E-state index < -0.39 is 15.5 Å². The molecular formula is C13H24F3IN4O2S. The van der Waals surface area contributed by atoms with Crippen LogP contribution in [0, 0.1) is 11.8 Å². The lowest BCUT2D eigenvalue weighted by atomic mass is 9.98. The first-order valence-electron chi connectivity index (χ1n) is 7.68. The van der Waals surface area contributed by atoms with Crippen LogP contribution < -0.4 is 10.6 Å². The molecule has 0 spiro atoms. The molecular weight excluding hydrogens is 460 g/mol. The number of alkyl halides is 3. The van der Waals surface area contributed by atoms with E-state index in [0.717, 1.165) is 6.42 Å². The molecule has 24 heavy (non-hydrogen) atoms. The Morgan fingerprint density at radius 2 is 1.83 bits per heavy atom. The normalized spacial score (nSPS) is 26.6. The fourth-order valence-electron chi connectivity index (χ4n) is 2.63. The Morgan fingerprint density at radius 1 is 1.29 bits per heavy atom. The van der Waals surface area contributed by atoms with Crippen LogP contribution >= 0.6 is 24.0 Å². The molecule has 11 heteroatoms. The largest absolute Gasteiger partial charge is 0.511 e. The Labute approximate surface area is 157 Å². The molecule has 0 aromatic heterocycles. The highest BCUT2D eigenvalue weighted by molar-refractivity contribution is 14.0. The summed E-state index contributed by atoms with van der Waals surface area (Å²) in [5, 5.41) is 6.43. The number of hydrogen-bond donors (Lipinski definition) is 2. The second kappa shape index (κ2) is 8.39. The van der Waals surface area contributed by atoms with Gasteiger partial charge in [-0.25, -0.2) is 8.42 Å². The van der Waals surface area contributed by atoms with Crippen LogP contribution in [0.1, 0.15) is 26.2 Å². The summed E-state index contributed by atoms with van der Waals surface area (Å²) >= 11 is 0. The number of hydrogen-bond acceptors (Lipinski definition) is 3. The van der Waals surface area contributed by atoms with E-state index in [-0.39, 0.29) is 43.0 Å². The molecule has 2 rings (SSSR count). The number of nitrogens with one attached hydrogen (secondary N) is 2. The molecule has 1 saturated heterocycles. The number of rotatable bonds is 4. The van der Waals surface area contributed by atoms with Crippen LogP contribution in [0.3, 0.4) is 0 Å². The molecule has 2 atom stereocenters. The molecule has 1 aliphatic heterocycles. The molecule has 0 aromatic carbocycles. The lowest BCUT2D eigenvalue weighted by Crippen LogP contribution is -2.47. The van der Waals surface area contributed by atoms with Gasteiger partial charge in [0.25, 0.3) is 0 Å². The molecule has 2 N–H and O–H groups in total. The maximum absolute atomic E-state index is 12.5. The highest BCUT2D eigenvalue weighted by Crippen LogP contribution is 2.30. The van der Waals surface area contributed by atoms with Crippen molar-refractivity contribution >= 4 is 40.0 Å². The van der Waals surface area contributed by atoms with Crippen LogP contribution in [0.5, 0.6) is 0 Å². The lowest BCUT2D eigenvalue weighted by Gasteiger charge is -2.31. The van der Waals surface area contributed by atoms with Gasteiger partial charge in [-0.3, -0.25) is 4.99 Å². The monoisotopic (exact) mass is 484 g/mol. The smallest absolute Gasteiger partial charge is 0.356 e. The minimum absolute atomic E-state index is 0. The Hall–Kier alpha value is -0.300. The third kappa shape index (κ3) is 5.35. The Morgan fingerprint density at radius 3 is 2.25 bits per heavy atom. The minimum atomic E-state index is -5.22. The van der Waals surface area contributed by atoms with Gasteiger partial charge in [-0.15, -0.1) is 24.0 Å². The second-order valence-corrected chi connectivity index (χ2v) is 8.14. The quantitative estimate of drug-likeness (QED) is 0.363. The van der Waals surface area contributed by atoms with Gasteiger partial charge < -0.3 is 10.6 Å². The molecule has 2 unspecified atom stereocenters. The van der Waals surface area contributed by atoms with Crippen LogP contribution in [0.2, 0.25) is 0 Å². The zero-order chi connectivity index (χ0) is 17.3. The summed E-state index contributed by atoms with van der Waals surface area (Å²) in [6, 6.07) is 0.431. The first-order chi connectivity index (χ1) is 10.6. The topological polar surface area (TPSA) is 73.8 Å². The highest BCUT2D eigenvalue weighted by atomic mass is 127. The van der Waals surface area contributed by atoms with Crippen LogP contribution in [0.15, 0.2) is 4.99 Å². The summed E-state index contributed by atoms with van der Waals surface area (Å²) in [4.78, 5) is 4.11. The summed E-state index contributed by atoms with van der Waals surface area (Å²) in [5.41, 5.74) is -5.22. The van der Waals surface area contributed by atoms with Crippen molar-refractivity contribution in [1.29, 1.82) is 0 Å². The SMILES string of the molecule is CN=C(NCC1CCN(S(=O)(=O)C(F)(F)F)CC1)NC1CC1C.I. The molecule has 2 fully saturated rings. The van der Waals surface area contributed by atoms with Crippen molar-refractivity contribution in [2.45, 2.75) is 37.7 Å². The zero-order valence-corrected chi connectivity index (χ0v) is 16.8. The fourth-order valence-corrected chi connectivity index (χ4v) is 3.62. The first-order valence-corrected chi connectivity index (χ1v) is 9.12. The summed E-state index contributed by atoms with van der Waals surface area (Å²) in [6.45, 7) is 2.52. The van der Waals surface area contributed by atoms with Gasteiger partial charge in [0, 0.05) is 32.7 Å². The van der Waals surface area contributed by atoms with Gasteiger partial charge in [0.05, 0.1) is 0 Å². The van der Waals surface area contributed by atoms with E-state index in [9.17, 15) is 21.6 Å². The van der Waals surface area contributed by atoms with Crippen molar-refractivity contribution in [2.24, 2.45) is 16.8 Å². The van der Waals surface area contributed by atoms with Crippen molar-refractivity contribution in [3.8, 4) is 0 Å². The number of sulfonamides is 1. The van der Waals surface area contributed by atoms with E-state index in [1.807, 2.05) is 0 Å². The minimum Gasteiger partial charge on any atom is -0.356 e. The number of nitrogens with zero attached hydrogens (tertiary/aromatic N) is 2. The summed E-state index contributed by atoms with van der Waals surface area (Å²) in [6.07, 6.45) is 1.91. The molecule has 2 aliphatic rings. The van der Waals surface area contributed by atoms with E-state index in [2.05, 4.69) is 22.5 Å². The van der Waals surface area contributed by atoms with Gasteiger partial charge in [0.2, 0.25) is 0 Å². The van der Waals surface area contributed by atoms with Crippen molar-refractivity contribution in [3.63, 3.8) is 0 Å². The molecule has 1 aliphatic carbocycles. The number of piperidine rings is 1. The van der Waals surface area contributed by atoms with Crippen molar-refractivity contribution in [1.82, 2.24) is 14.9 Å². The Balaban J connectivity index is 0.00000288. The standard InChI is InChI=1S/C13H23F3N4O2S.HI/c1-9-7-11(9)19-12(17-2)18-8-10-3-5-20(6-4-10)23(21,22)13(14,15)16;/h9-11H,3-8H2,1-2H3,(H2,17,18,19);1H. The van der Waals surface area contributed by atoms with Crippen LogP contribution in [-0.2, 0) is 10.0 Å². The fraction of sp³-hybridized carbons (Fsp3) is 0.923. The zero-order valence-electron chi connectivity index (χ0n) is 13.6. The maximum atomic E-state index is 12.5. The van der Waals surface area contributed by atoms with E-state index in [1.165, 1.54) is 0 Å². The number of halogens is 4. The van der Waals surface area contributed by atoms with Crippen molar-refractivity contribution in [3.05, 3.63) is 0 Å². The molecule has 6 nitrogen and oxygen atoms in total. The van der Waals surface area contributed by atoms with Gasteiger partial charge in [-0.05, 0) is 31.1 Å². The second-order valence-electron chi connectivity index (χ2n) is 6.21. The van der Waals surface area contributed by atoms with E-state index in [0.29, 0.717) is 41.6 Å². The van der Waals surface area contributed by atoms with E-state index >= 15 is 0 Å². The van der Waals surface area contributed by atoms with Gasteiger partial charge in [-0.2, -0.15) is 17.5 Å². The van der Waals surface area contributed by atoms with Gasteiger partial charge in [0.15, 0.2) is 5.96 Å². The molecule has 0 bridgehead atoms. The van der Waals surface area contributed by atoms with Crippen LogP contribution in [0.4, 0.5) is 13.2 Å². The number of aliphatic imine (C=N–C) groups is 1. The molecule has 1 saturated carbocycles. The van der Waals surface area contributed by atoms with Crippen molar-refractivity contribution < 1.29 is 21.6 Å². The van der Waals surface area contributed by atoms with Crippen LogP contribution in [0.25, 0.3) is 0 Å². The summed E-state index contributed by atoms with van der Waals surface area (Å²) in [7, 11) is -3.53. The molecule has 0 radical (unpaired) electrons. The van der Waals surface area contributed by atoms with Gasteiger partial charge >= 0.3 is 15.5 Å². The predicted molar refractivity (Wildman–Crippen MR) is 96.8 cm³/mol. The molecule has 0 amide bonds. The number of guanidine groups is 1.